The summed E-state index contributed by atoms with van der Waals surface area (Å²) in [7, 11) is 0. The summed E-state index contributed by atoms with van der Waals surface area (Å²) in [6, 6.07) is 10.2. The molecule has 1 aliphatic rings. The monoisotopic (exact) mass is 395 g/mol. The Morgan fingerprint density at radius 1 is 1.25 bits per heavy atom. The number of nitrogens with zero attached hydrogens (tertiary/aromatic N) is 3. The van der Waals surface area contributed by atoms with Crippen molar-refractivity contribution in [3.8, 4) is 0 Å². The molecule has 1 saturated heterocycles. The predicted octanol–water partition coefficient (Wildman–Crippen LogP) is 4.64. The number of carbonyl (C=O) groups excluding carboxylic acids is 1. The maximum atomic E-state index is 13.0. The van der Waals surface area contributed by atoms with E-state index in [4.69, 9.17) is 4.42 Å². The number of aromatic nitrogens is 2. The Morgan fingerprint density at radius 2 is 2.07 bits per heavy atom. The lowest BCUT2D eigenvalue weighted by atomic mass is 10.0. The molecule has 6 heteroatoms. The van der Waals surface area contributed by atoms with Crippen LogP contribution in [0.15, 0.2) is 40.9 Å². The highest BCUT2D eigenvalue weighted by Crippen LogP contribution is 2.32. The zero-order chi connectivity index (χ0) is 19.5. The molecule has 1 amide bonds. The SMILES string of the molecule is Cc1nc(C)c(CC(=O)N2CCCCC2c2ncc(Cc3ccccc3)o2)s1. The van der Waals surface area contributed by atoms with Crippen molar-refractivity contribution in [1.29, 1.82) is 0 Å². The smallest absolute Gasteiger partial charge is 0.228 e. The molecule has 0 saturated carbocycles. The quantitative estimate of drug-likeness (QED) is 0.632. The van der Waals surface area contributed by atoms with Gasteiger partial charge in [-0.05, 0) is 38.7 Å². The van der Waals surface area contributed by atoms with Crippen LogP contribution >= 0.6 is 11.3 Å². The highest BCUT2D eigenvalue weighted by Gasteiger charge is 2.31. The summed E-state index contributed by atoms with van der Waals surface area (Å²) in [5.74, 6) is 1.64. The van der Waals surface area contributed by atoms with Gasteiger partial charge in [-0.15, -0.1) is 11.3 Å². The van der Waals surface area contributed by atoms with Crippen molar-refractivity contribution in [1.82, 2.24) is 14.9 Å². The van der Waals surface area contributed by atoms with Crippen LogP contribution in [0.2, 0.25) is 0 Å². The van der Waals surface area contributed by atoms with E-state index >= 15 is 0 Å². The Bertz CT molecular complexity index is 948. The van der Waals surface area contributed by atoms with E-state index in [1.807, 2.05) is 36.9 Å². The molecule has 2 aromatic heterocycles. The van der Waals surface area contributed by atoms with Gasteiger partial charge in [0.05, 0.1) is 23.3 Å². The molecule has 1 atom stereocenters. The van der Waals surface area contributed by atoms with Gasteiger partial charge in [0.15, 0.2) is 0 Å². The average Bonchev–Trinajstić information content (AvgIpc) is 3.28. The minimum Gasteiger partial charge on any atom is -0.443 e. The average molecular weight is 396 g/mol. The van der Waals surface area contributed by atoms with Crippen LogP contribution in [0, 0.1) is 13.8 Å². The normalized spacial score (nSPS) is 17.1. The Kier molecular flexibility index (Phi) is 5.57. The molecular formula is C22H25N3O2S. The number of oxazole rings is 1. The molecule has 4 rings (SSSR count). The number of benzene rings is 1. The number of hydrogen-bond acceptors (Lipinski definition) is 5. The highest BCUT2D eigenvalue weighted by atomic mass is 32.1. The van der Waals surface area contributed by atoms with Crippen molar-refractivity contribution < 1.29 is 9.21 Å². The topological polar surface area (TPSA) is 59.2 Å². The summed E-state index contributed by atoms with van der Waals surface area (Å²) >= 11 is 1.61. The molecule has 0 bridgehead atoms. The van der Waals surface area contributed by atoms with E-state index in [1.54, 1.807) is 17.5 Å². The van der Waals surface area contributed by atoms with Gasteiger partial charge < -0.3 is 9.32 Å². The molecule has 5 nitrogen and oxygen atoms in total. The molecule has 1 unspecified atom stereocenters. The van der Waals surface area contributed by atoms with Crippen molar-refractivity contribution in [3.05, 3.63) is 69.3 Å². The van der Waals surface area contributed by atoms with Crippen LogP contribution in [0.5, 0.6) is 0 Å². The molecule has 3 heterocycles. The molecule has 1 fully saturated rings. The van der Waals surface area contributed by atoms with Gasteiger partial charge in [0, 0.05) is 17.8 Å². The largest absolute Gasteiger partial charge is 0.443 e. The minimum atomic E-state index is -0.0694. The van der Waals surface area contributed by atoms with Gasteiger partial charge in [-0.1, -0.05) is 30.3 Å². The van der Waals surface area contributed by atoms with Crippen LogP contribution in [0.4, 0.5) is 0 Å². The fraction of sp³-hybridized carbons (Fsp3) is 0.409. The van der Waals surface area contributed by atoms with E-state index in [0.717, 1.165) is 47.1 Å². The molecular weight excluding hydrogens is 370 g/mol. The zero-order valence-corrected chi connectivity index (χ0v) is 17.2. The molecule has 0 aliphatic carbocycles. The number of carbonyl (C=O) groups is 1. The number of hydrogen-bond donors (Lipinski definition) is 0. The van der Waals surface area contributed by atoms with Gasteiger partial charge in [-0.25, -0.2) is 9.97 Å². The van der Waals surface area contributed by atoms with E-state index in [2.05, 4.69) is 22.1 Å². The lowest BCUT2D eigenvalue weighted by Gasteiger charge is -2.33. The molecule has 0 spiro atoms. The van der Waals surface area contributed by atoms with Crippen molar-refractivity contribution in [3.63, 3.8) is 0 Å². The summed E-state index contributed by atoms with van der Waals surface area (Å²) in [5, 5.41) is 1.01. The van der Waals surface area contributed by atoms with Gasteiger partial charge >= 0.3 is 0 Å². The third kappa shape index (κ3) is 4.17. The van der Waals surface area contributed by atoms with Crippen molar-refractivity contribution in [2.75, 3.05) is 6.54 Å². The Hall–Kier alpha value is -2.47. The molecule has 1 aliphatic heterocycles. The van der Waals surface area contributed by atoms with Crippen LogP contribution in [0.3, 0.4) is 0 Å². The van der Waals surface area contributed by atoms with Crippen LogP contribution in [0.1, 0.15) is 58.1 Å². The van der Waals surface area contributed by atoms with Crippen molar-refractivity contribution in [2.45, 2.75) is 52.0 Å². The van der Waals surface area contributed by atoms with Crippen LogP contribution in [0.25, 0.3) is 0 Å². The predicted molar refractivity (Wildman–Crippen MR) is 109 cm³/mol. The summed E-state index contributed by atoms with van der Waals surface area (Å²) in [5.41, 5.74) is 2.16. The lowest BCUT2D eigenvalue weighted by molar-refractivity contribution is -0.134. The first-order valence-electron chi connectivity index (χ1n) is 9.81. The van der Waals surface area contributed by atoms with Gasteiger partial charge in [0.2, 0.25) is 11.8 Å². The molecule has 1 aromatic carbocycles. The highest BCUT2D eigenvalue weighted by molar-refractivity contribution is 7.11. The number of likely N-dealkylation sites (tertiary alicyclic amines) is 1. The summed E-state index contributed by atoms with van der Waals surface area (Å²) in [4.78, 5) is 25.0. The van der Waals surface area contributed by atoms with E-state index in [-0.39, 0.29) is 11.9 Å². The standard InChI is InChI=1S/C22H25N3O2S/c1-15-20(28-16(2)24-15)13-21(26)25-11-7-6-10-19(25)22-23-14-18(27-22)12-17-8-4-3-5-9-17/h3-5,8-9,14,19H,6-7,10-13H2,1-2H3. The van der Waals surface area contributed by atoms with Gasteiger partial charge in [0.25, 0.3) is 0 Å². The maximum Gasteiger partial charge on any atom is 0.228 e. The third-order valence-corrected chi connectivity index (χ3v) is 6.29. The van der Waals surface area contributed by atoms with E-state index in [1.165, 1.54) is 5.56 Å². The number of rotatable bonds is 5. The van der Waals surface area contributed by atoms with Crippen LogP contribution in [-0.2, 0) is 17.6 Å². The molecule has 28 heavy (non-hydrogen) atoms. The third-order valence-electron chi connectivity index (χ3n) is 5.21. The zero-order valence-electron chi connectivity index (χ0n) is 16.4. The van der Waals surface area contributed by atoms with Crippen molar-refractivity contribution >= 4 is 17.2 Å². The van der Waals surface area contributed by atoms with E-state index in [9.17, 15) is 4.79 Å². The molecule has 3 aromatic rings. The number of aryl methyl sites for hydroxylation is 2. The summed E-state index contributed by atoms with van der Waals surface area (Å²) in [6.45, 7) is 4.72. The van der Waals surface area contributed by atoms with Crippen LogP contribution in [-0.4, -0.2) is 27.3 Å². The first-order chi connectivity index (χ1) is 13.6. The van der Waals surface area contributed by atoms with Gasteiger partial charge in [-0.3, -0.25) is 4.79 Å². The molecule has 0 N–H and O–H groups in total. The molecule has 0 radical (unpaired) electrons. The lowest BCUT2D eigenvalue weighted by Crippen LogP contribution is -2.39. The van der Waals surface area contributed by atoms with Crippen molar-refractivity contribution in [2.24, 2.45) is 0 Å². The molecule has 146 valence electrons. The Morgan fingerprint density at radius 3 is 2.82 bits per heavy atom. The number of thiazole rings is 1. The maximum absolute atomic E-state index is 13.0. The number of piperidine rings is 1. The number of amides is 1. The summed E-state index contributed by atoms with van der Waals surface area (Å²) in [6.07, 6.45) is 5.94. The summed E-state index contributed by atoms with van der Waals surface area (Å²) < 4.78 is 6.07. The fourth-order valence-electron chi connectivity index (χ4n) is 3.82. The first-order valence-corrected chi connectivity index (χ1v) is 10.6. The fourth-order valence-corrected chi connectivity index (χ4v) is 4.75. The Labute approximate surface area is 169 Å². The second-order valence-corrected chi connectivity index (χ2v) is 8.63. The first kappa shape index (κ1) is 18.9. The minimum absolute atomic E-state index is 0.0694. The second-order valence-electron chi connectivity index (χ2n) is 7.34. The van der Waals surface area contributed by atoms with Crippen LogP contribution < -0.4 is 0 Å². The van der Waals surface area contributed by atoms with Gasteiger partial charge in [0.1, 0.15) is 11.8 Å². The Balaban J connectivity index is 1.49. The van der Waals surface area contributed by atoms with Gasteiger partial charge in [-0.2, -0.15) is 0 Å². The van der Waals surface area contributed by atoms with E-state index < -0.39 is 0 Å². The second kappa shape index (κ2) is 8.27. The van der Waals surface area contributed by atoms with E-state index in [0.29, 0.717) is 18.7 Å².